The van der Waals surface area contributed by atoms with Crippen molar-refractivity contribution in [3.8, 4) is 5.88 Å². The van der Waals surface area contributed by atoms with Gasteiger partial charge in [0, 0.05) is 38.4 Å². The molecule has 184 valence electrons. The molecule has 1 fully saturated rings. The molecule has 0 radical (unpaired) electrons. The van der Waals surface area contributed by atoms with Crippen molar-refractivity contribution in [3.05, 3.63) is 95.7 Å². The summed E-state index contributed by atoms with van der Waals surface area (Å²) >= 11 is 0. The maximum absolute atomic E-state index is 13.1. The Labute approximate surface area is 208 Å². The Morgan fingerprint density at radius 3 is 1.97 bits per heavy atom. The molecule has 6 nitrogen and oxygen atoms in total. The van der Waals surface area contributed by atoms with Crippen LogP contribution in [0.2, 0.25) is 0 Å². The van der Waals surface area contributed by atoms with Crippen molar-refractivity contribution in [2.24, 2.45) is 0 Å². The lowest BCUT2D eigenvalue weighted by Crippen LogP contribution is -2.49. The van der Waals surface area contributed by atoms with E-state index < -0.39 is 0 Å². The zero-order valence-corrected chi connectivity index (χ0v) is 20.9. The van der Waals surface area contributed by atoms with Crippen LogP contribution in [-0.4, -0.2) is 65.7 Å². The summed E-state index contributed by atoms with van der Waals surface area (Å²) in [5.74, 6) is 0.508. The number of pyridine rings is 1. The third kappa shape index (κ3) is 6.90. The number of carbonyl (C=O) groups is 1. The minimum atomic E-state index is -0.195. The van der Waals surface area contributed by atoms with E-state index in [2.05, 4.69) is 58.4 Å². The molecule has 0 bridgehead atoms. The molecule has 3 aromatic rings. The monoisotopic (exact) mass is 473 g/mol. The van der Waals surface area contributed by atoms with Gasteiger partial charge in [-0.2, -0.15) is 0 Å². The molecule has 1 aromatic heterocycles. The van der Waals surface area contributed by atoms with Crippen molar-refractivity contribution >= 4 is 5.91 Å². The van der Waals surface area contributed by atoms with Crippen molar-refractivity contribution in [2.45, 2.75) is 32.4 Å². The van der Waals surface area contributed by atoms with Crippen molar-refractivity contribution in [3.63, 3.8) is 0 Å². The Morgan fingerprint density at radius 2 is 1.46 bits per heavy atom. The normalized spacial score (nSPS) is 14.8. The van der Waals surface area contributed by atoms with Crippen LogP contribution >= 0.6 is 0 Å². The lowest BCUT2D eigenvalue weighted by Gasteiger charge is -2.39. The predicted molar refractivity (Wildman–Crippen MR) is 138 cm³/mol. The van der Waals surface area contributed by atoms with Crippen LogP contribution in [0.5, 0.6) is 5.88 Å². The summed E-state index contributed by atoms with van der Waals surface area (Å²) in [6.45, 7) is 9.91. The summed E-state index contributed by atoms with van der Waals surface area (Å²) in [6.07, 6.45) is 1.60. The van der Waals surface area contributed by atoms with Crippen LogP contribution in [0.15, 0.2) is 79.0 Å². The van der Waals surface area contributed by atoms with Gasteiger partial charge in [-0.15, -0.1) is 0 Å². The SMILES string of the molecule is CC(C)(C)OCCOc1ccc(C(=O)N2CCN(C(c3ccccc3)c3ccccc3)CC2)cn1. The van der Waals surface area contributed by atoms with E-state index >= 15 is 0 Å². The summed E-state index contributed by atoms with van der Waals surface area (Å²) in [7, 11) is 0. The van der Waals surface area contributed by atoms with Gasteiger partial charge in [0.2, 0.25) is 5.88 Å². The first-order valence-corrected chi connectivity index (χ1v) is 12.3. The second kappa shape index (κ2) is 11.5. The average molecular weight is 474 g/mol. The fourth-order valence-corrected chi connectivity index (χ4v) is 4.34. The fourth-order valence-electron chi connectivity index (χ4n) is 4.34. The molecule has 2 aromatic carbocycles. The minimum absolute atomic E-state index is 0.00994. The molecule has 4 rings (SSSR count). The molecule has 1 aliphatic heterocycles. The third-order valence-electron chi connectivity index (χ3n) is 6.05. The zero-order chi connectivity index (χ0) is 24.7. The van der Waals surface area contributed by atoms with Crippen LogP contribution in [0.3, 0.4) is 0 Å². The third-order valence-corrected chi connectivity index (χ3v) is 6.05. The number of aromatic nitrogens is 1. The summed E-state index contributed by atoms with van der Waals surface area (Å²) in [5, 5.41) is 0. The number of benzene rings is 2. The van der Waals surface area contributed by atoms with E-state index in [4.69, 9.17) is 9.47 Å². The zero-order valence-electron chi connectivity index (χ0n) is 20.9. The summed E-state index contributed by atoms with van der Waals surface area (Å²) < 4.78 is 11.3. The highest BCUT2D eigenvalue weighted by Crippen LogP contribution is 2.29. The summed E-state index contributed by atoms with van der Waals surface area (Å²) in [5.41, 5.74) is 2.93. The number of hydrogen-bond acceptors (Lipinski definition) is 5. The lowest BCUT2D eigenvalue weighted by molar-refractivity contribution is -0.0168. The maximum Gasteiger partial charge on any atom is 0.255 e. The molecule has 0 N–H and O–H groups in total. The molecule has 2 heterocycles. The number of piperazine rings is 1. The first kappa shape index (κ1) is 24.9. The molecule has 0 atom stereocenters. The topological polar surface area (TPSA) is 54.9 Å². The number of amides is 1. The Kier molecular flexibility index (Phi) is 8.16. The molecule has 6 heteroatoms. The van der Waals surface area contributed by atoms with Crippen LogP contribution in [0.25, 0.3) is 0 Å². The van der Waals surface area contributed by atoms with E-state index in [1.165, 1.54) is 11.1 Å². The highest BCUT2D eigenvalue weighted by Gasteiger charge is 2.28. The quantitative estimate of drug-likeness (QED) is 0.439. The summed E-state index contributed by atoms with van der Waals surface area (Å²) in [6, 6.07) is 24.9. The second-order valence-electron chi connectivity index (χ2n) is 9.75. The van der Waals surface area contributed by atoms with Crippen molar-refractivity contribution < 1.29 is 14.3 Å². The van der Waals surface area contributed by atoms with E-state index in [0.717, 1.165) is 13.1 Å². The molecular formula is C29H35N3O3. The van der Waals surface area contributed by atoms with E-state index in [-0.39, 0.29) is 17.6 Å². The first-order valence-electron chi connectivity index (χ1n) is 12.3. The van der Waals surface area contributed by atoms with Gasteiger partial charge in [0.25, 0.3) is 5.91 Å². The number of nitrogens with zero attached hydrogens (tertiary/aromatic N) is 3. The van der Waals surface area contributed by atoms with Gasteiger partial charge in [-0.25, -0.2) is 4.98 Å². The van der Waals surface area contributed by atoms with Crippen LogP contribution in [0, 0.1) is 0 Å². The van der Waals surface area contributed by atoms with E-state index in [1.807, 2.05) is 37.8 Å². The van der Waals surface area contributed by atoms with Crippen LogP contribution in [-0.2, 0) is 4.74 Å². The Morgan fingerprint density at radius 1 is 0.857 bits per heavy atom. The minimum Gasteiger partial charge on any atom is -0.475 e. The van der Waals surface area contributed by atoms with Crippen LogP contribution in [0.4, 0.5) is 0 Å². The molecule has 1 saturated heterocycles. The standard InChI is InChI=1S/C29H35N3O3/c1-29(2,3)35-21-20-34-26-15-14-25(22-30-26)28(33)32-18-16-31(17-19-32)27(23-10-6-4-7-11-23)24-12-8-5-9-13-24/h4-15,22,27H,16-21H2,1-3H3. The second-order valence-corrected chi connectivity index (χ2v) is 9.75. The van der Waals surface area contributed by atoms with Crippen molar-refractivity contribution in [1.82, 2.24) is 14.8 Å². The molecule has 1 amide bonds. The van der Waals surface area contributed by atoms with Gasteiger partial charge in [-0.3, -0.25) is 9.69 Å². The highest BCUT2D eigenvalue weighted by molar-refractivity contribution is 5.94. The van der Waals surface area contributed by atoms with Crippen molar-refractivity contribution in [2.75, 3.05) is 39.4 Å². The molecule has 35 heavy (non-hydrogen) atoms. The smallest absolute Gasteiger partial charge is 0.255 e. The lowest BCUT2D eigenvalue weighted by atomic mass is 9.96. The molecule has 0 saturated carbocycles. The molecular weight excluding hydrogens is 438 g/mol. The largest absolute Gasteiger partial charge is 0.475 e. The van der Waals surface area contributed by atoms with Gasteiger partial charge >= 0.3 is 0 Å². The Balaban J connectivity index is 1.34. The Hall–Kier alpha value is -3.22. The fraction of sp³-hybridized carbons (Fsp3) is 0.379. The van der Waals surface area contributed by atoms with Crippen LogP contribution in [0.1, 0.15) is 48.3 Å². The Bertz CT molecular complexity index is 1020. The van der Waals surface area contributed by atoms with Gasteiger partial charge in [0.1, 0.15) is 6.61 Å². The number of rotatable bonds is 8. The van der Waals surface area contributed by atoms with Gasteiger partial charge < -0.3 is 14.4 Å². The molecule has 0 aliphatic carbocycles. The first-order chi connectivity index (χ1) is 16.9. The number of hydrogen-bond donors (Lipinski definition) is 0. The highest BCUT2D eigenvalue weighted by atomic mass is 16.5. The van der Waals surface area contributed by atoms with Crippen LogP contribution < -0.4 is 4.74 Å². The summed E-state index contributed by atoms with van der Waals surface area (Å²) in [4.78, 5) is 21.8. The molecule has 1 aliphatic rings. The van der Waals surface area contributed by atoms with E-state index in [0.29, 0.717) is 37.7 Å². The van der Waals surface area contributed by atoms with E-state index in [9.17, 15) is 4.79 Å². The van der Waals surface area contributed by atoms with Gasteiger partial charge in [0.05, 0.1) is 23.8 Å². The molecule has 0 unspecified atom stereocenters. The van der Waals surface area contributed by atoms with Gasteiger partial charge in [-0.05, 0) is 38.0 Å². The van der Waals surface area contributed by atoms with Gasteiger partial charge in [0.15, 0.2) is 0 Å². The predicted octanol–water partition coefficient (Wildman–Crippen LogP) is 4.82. The van der Waals surface area contributed by atoms with Gasteiger partial charge in [-0.1, -0.05) is 60.7 Å². The van der Waals surface area contributed by atoms with E-state index in [1.54, 1.807) is 18.3 Å². The maximum atomic E-state index is 13.1. The number of carbonyl (C=O) groups excluding carboxylic acids is 1. The number of ether oxygens (including phenoxy) is 2. The van der Waals surface area contributed by atoms with Crippen molar-refractivity contribution in [1.29, 1.82) is 0 Å². The average Bonchev–Trinajstić information content (AvgIpc) is 2.88. The molecule has 0 spiro atoms.